The molecule has 1 saturated heterocycles. The van der Waals surface area contributed by atoms with Crippen LogP contribution < -0.4 is 5.32 Å². The van der Waals surface area contributed by atoms with Crippen molar-refractivity contribution in [3.8, 4) is 0 Å². The molecule has 0 radical (unpaired) electrons. The molecule has 182 valence electrons. The fraction of sp³-hybridized carbons (Fsp3) is 0.393. The van der Waals surface area contributed by atoms with E-state index < -0.39 is 12.1 Å². The van der Waals surface area contributed by atoms with Crippen molar-refractivity contribution in [2.45, 2.75) is 45.7 Å². The standard InChI is InChI=1S/C28H32N4O3/c1-4-31-22-17-32(25(20-10-6-5-7-11-20)27(34)30-14-8-9-15-30)26(33)23(22)24(29-28(31)35)21-13-12-18(2)16-19(21)3/h5-7,10-13,16,24-25H,4,8-9,14-15,17H2,1-3H3,(H,29,35). The molecule has 0 spiro atoms. The van der Waals surface area contributed by atoms with Gasteiger partial charge in [0.2, 0.25) is 5.91 Å². The van der Waals surface area contributed by atoms with E-state index in [1.807, 2.05) is 68.1 Å². The molecular formula is C28H32N4O3. The van der Waals surface area contributed by atoms with Crippen LogP contribution in [-0.2, 0) is 9.59 Å². The molecule has 2 atom stereocenters. The molecule has 3 aliphatic rings. The van der Waals surface area contributed by atoms with Crippen molar-refractivity contribution in [3.05, 3.63) is 82.1 Å². The molecule has 1 N–H and O–H groups in total. The van der Waals surface area contributed by atoms with E-state index in [0.29, 0.717) is 30.9 Å². The lowest BCUT2D eigenvalue weighted by Gasteiger charge is -2.33. The Hall–Kier alpha value is -3.61. The maximum atomic E-state index is 14.1. The van der Waals surface area contributed by atoms with Gasteiger partial charge < -0.3 is 15.1 Å². The van der Waals surface area contributed by atoms with Gasteiger partial charge in [0.25, 0.3) is 5.91 Å². The number of likely N-dealkylation sites (tertiary alicyclic amines) is 1. The highest BCUT2D eigenvalue weighted by molar-refractivity contribution is 6.04. The second-order valence-electron chi connectivity index (χ2n) is 9.63. The second-order valence-corrected chi connectivity index (χ2v) is 9.63. The molecular weight excluding hydrogens is 440 g/mol. The zero-order valence-electron chi connectivity index (χ0n) is 20.6. The number of benzene rings is 2. The van der Waals surface area contributed by atoms with Crippen molar-refractivity contribution in [1.82, 2.24) is 20.0 Å². The van der Waals surface area contributed by atoms with Gasteiger partial charge in [0, 0.05) is 19.6 Å². The second kappa shape index (κ2) is 9.21. The molecule has 2 unspecified atom stereocenters. The summed E-state index contributed by atoms with van der Waals surface area (Å²) >= 11 is 0. The third-order valence-corrected chi connectivity index (χ3v) is 7.38. The van der Waals surface area contributed by atoms with Crippen LogP contribution in [0.2, 0.25) is 0 Å². The van der Waals surface area contributed by atoms with Gasteiger partial charge in [-0.05, 0) is 50.3 Å². The number of nitrogens with one attached hydrogen (secondary N) is 1. The van der Waals surface area contributed by atoms with Crippen LogP contribution in [-0.4, -0.2) is 58.7 Å². The highest BCUT2D eigenvalue weighted by atomic mass is 16.2. The van der Waals surface area contributed by atoms with Crippen molar-refractivity contribution in [2.24, 2.45) is 0 Å². The van der Waals surface area contributed by atoms with Crippen LogP contribution in [0, 0.1) is 13.8 Å². The number of carbonyl (C=O) groups excluding carboxylic acids is 3. The number of rotatable bonds is 5. The van der Waals surface area contributed by atoms with Crippen molar-refractivity contribution in [1.29, 1.82) is 0 Å². The first-order valence-electron chi connectivity index (χ1n) is 12.4. The lowest BCUT2D eigenvalue weighted by atomic mass is 9.91. The molecule has 0 bridgehead atoms. The van der Waals surface area contributed by atoms with Crippen molar-refractivity contribution in [3.63, 3.8) is 0 Å². The summed E-state index contributed by atoms with van der Waals surface area (Å²) in [5.74, 6) is -0.239. The predicted molar refractivity (Wildman–Crippen MR) is 133 cm³/mol. The normalized spacial score (nSPS) is 20.9. The van der Waals surface area contributed by atoms with Crippen LogP contribution >= 0.6 is 0 Å². The van der Waals surface area contributed by atoms with Gasteiger partial charge in [-0.2, -0.15) is 0 Å². The Balaban J connectivity index is 1.58. The number of amides is 4. The number of hydrogen-bond donors (Lipinski definition) is 1. The monoisotopic (exact) mass is 472 g/mol. The largest absolute Gasteiger partial charge is 0.341 e. The molecule has 5 rings (SSSR count). The SMILES string of the molecule is CCN1C(=O)NC(c2ccc(C)cc2C)C2=C1CN(C(C(=O)N1CCCC1)c1ccccc1)C2=O. The molecule has 3 aliphatic heterocycles. The minimum absolute atomic E-state index is 0.0488. The lowest BCUT2D eigenvalue weighted by Crippen LogP contribution is -2.47. The third kappa shape index (κ3) is 3.99. The van der Waals surface area contributed by atoms with Gasteiger partial charge in [-0.1, -0.05) is 54.1 Å². The summed E-state index contributed by atoms with van der Waals surface area (Å²) < 4.78 is 0. The Labute approximate surface area is 206 Å². The van der Waals surface area contributed by atoms with Gasteiger partial charge in [-0.15, -0.1) is 0 Å². The molecule has 0 saturated carbocycles. The maximum Gasteiger partial charge on any atom is 0.322 e. The molecule has 2 aromatic carbocycles. The Morgan fingerprint density at radius 1 is 1.06 bits per heavy atom. The first kappa shape index (κ1) is 23.1. The Morgan fingerprint density at radius 2 is 1.77 bits per heavy atom. The van der Waals surface area contributed by atoms with Gasteiger partial charge in [0.05, 0.1) is 23.9 Å². The Morgan fingerprint density at radius 3 is 2.43 bits per heavy atom. The van der Waals surface area contributed by atoms with Crippen LogP contribution in [0.15, 0.2) is 59.8 Å². The molecule has 0 aliphatic carbocycles. The Kier molecular flexibility index (Phi) is 6.09. The van der Waals surface area contributed by atoms with Crippen LogP contribution in [0.4, 0.5) is 4.79 Å². The van der Waals surface area contributed by atoms with E-state index in [9.17, 15) is 14.4 Å². The highest BCUT2D eigenvalue weighted by Crippen LogP contribution is 2.41. The number of hydrogen-bond acceptors (Lipinski definition) is 3. The number of urea groups is 1. The van der Waals surface area contributed by atoms with E-state index in [2.05, 4.69) is 11.4 Å². The average molecular weight is 473 g/mol. The minimum Gasteiger partial charge on any atom is -0.341 e. The summed E-state index contributed by atoms with van der Waals surface area (Å²) in [6.45, 7) is 8.03. The van der Waals surface area contributed by atoms with E-state index >= 15 is 0 Å². The first-order chi connectivity index (χ1) is 16.9. The minimum atomic E-state index is -0.721. The van der Waals surface area contributed by atoms with Crippen LogP contribution in [0.3, 0.4) is 0 Å². The number of aryl methyl sites for hydroxylation is 2. The van der Waals surface area contributed by atoms with Gasteiger partial charge in [0.15, 0.2) is 0 Å². The van der Waals surface area contributed by atoms with E-state index in [4.69, 9.17) is 0 Å². The first-order valence-corrected chi connectivity index (χ1v) is 12.4. The molecule has 7 nitrogen and oxygen atoms in total. The molecule has 2 aromatic rings. The molecule has 0 aromatic heterocycles. The summed E-state index contributed by atoms with van der Waals surface area (Å²) in [5.41, 5.74) is 5.10. The topological polar surface area (TPSA) is 73.0 Å². The molecule has 7 heteroatoms. The summed E-state index contributed by atoms with van der Waals surface area (Å²) in [5, 5.41) is 3.07. The quantitative estimate of drug-likeness (QED) is 0.719. The summed E-state index contributed by atoms with van der Waals surface area (Å²) in [7, 11) is 0. The summed E-state index contributed by atoms with van der Waals surface area (Å²) in [6, 6.07) is 14.1. The van der Waals surface area contributed by atoms with E-state index in [-0.39, 0.29) is 24.4 Å². The van der Waals surface area contributed by atoms with Crippen molar-refractivity contribution >= 4 is 17.8 Å². The predicted octanol–water partition coefficient (Wildman–Crippen LogP) is 3.85. The van der Waals surface area contributed by atoms with E-state index in [1.165, 1.54) is 0 Å². The third-order valence-electron chi connectivity index (χ3n) is 7.38. The fourth-order valence-electron chi connectivity index (χ4n) is 5.64. The zero-order chi connectivity index (χ0) is 24.7. The molecule has 1 fully saturated rings. The maximum absolute atomic E-state index is 14.1. The number of carbonyl (C=O) groups is 3. The van der Waals surface area contributed by atoms with Gasteiger partial charge >= 0.3 is 6.03 Å². The van der Waals surface area contributed by atoms with Crippen molar-refractivity contribution < 1.29 is 14.4 Å². The number of nitrogens with zero attached hydrogens (tertiary/aromatic N) is 3. The van der Waals surface area contributed by atoms with Crippen molar-refractivity contribution in [2.75, 3.05) is 26.2 Å². The zero-order valence-corrected chi connectivity index (χ0v) is 20.6. The van der Waals surface area contributed by atoms with E-state index in [0.717, 1.165) is 35.1 Å². The fourth-order valence-corrected chi connectivity index (χ4v) is 5.64. The van der Waals surface area contributed by atoms with Gasteiger partial charge in [-0.3, -0.25) is 14.5 Å². The van der Waals surface area contributed by atoms with Crippen LogP contribution in [0.1, 0.15) is 54.1 Å². The highest BCUT2D eigenvalue weighted by Gasteiger charge is 2.48. The van der Waals surface area contributed by atoms with Gasteiger partial charge in [-0.25, -0.2) is 4.79 Å². The van der Waals surface area contributed by atoms with Crippen LogP contribution in [0.25, 0.3) is 0 Å². The Bertz CT molecular complexity index is 1200. The smallest absolute Gasteiger partial charge is 0.322 e. The summed E-state index contributed by atoms with van der Waals surface area (Å²) in [6.07, 6.45) is 1.96. The van der Waals surface area contributed by atoms with E-state index in [1.54, 1.807) is 9.80 Å². The molecule has 35 heavy (non-hydrogen) atoms. The summed E-state index contributed by atoms with van der Waals surface area (Å²) in [4.78, 5) is 46.2. The molecule has 3 heterocycles. The average Bonchev–Trinajstić information content (AvgIpc) is 3.49. The molecule has 4 amide bonds. The van der Waals surface area contributed by atoms with Gasteiger partial charge in [0.1, 0.15) is 6.04 Å². The van der Waals surface area contributed by atoms with Crippen LogP contribution in [0.5, 0.6) is 0 Å². The lowest BCUT2D eigenvalue weighted by molar-refractivity contribution is -0.142. The number of likely N-dealkylation sites (N-methyl/N-ethyl adjacent to an activating group) is 1.